The molecule has 4 nitrogen and oxygen atoms in total. The number of sulfone groups is 1. The second-order valence-corrected chi connectivity index (χ2v) is 8.09. The van der Waals surface area contributed by atoms with Crippen LogP contribution in [0.1, 0.15) is 11.1 Å². The third-order valence-electron chi connectivity index (χ3n) is 2.92. The maximum Gasteiger partial charge on any atom is 0.217 e. The quantitative estimate of drug-likeness (QED) is 0.646. The number of nitrogens with zero attached hydrogens (tertiary/aromatic N) is 2. The third-order valence-corrected chi connectivity index (χ3v) is 6.07. The van der Waals surface area contributed by atoms with Crippen molar-refractivity contribution in [3.8, 4) is 12.1 Å². The molecule has 0 N–H and O–H groups in total. The molecule has 0 saturated carbocycles. The van der Waals surface area contributed by atoms with Gasteiger partial charge in [0.1, 0.15) is 11.0 Å². The van der Waals surface area contributed by atoms with Gasteiger partial charge < -0.3 is 0 Å². The van der Waals surface area contributed by atoms with E-state index in [1.807, 2.05) is 6.07 Å². The molecule has 0 unspecified atom stereocenters. The van der Waals surface area contributed by atoms with Crippen molar-refractivity contribution < 1.29 is 8.42 Å². The first-order valence-corrected chi connectivity index (χ1v) is 9.27. The molecular weight excluding hydrogens is 444 g/mol. The summed E-state index contributed by atoms with van der Waals surface area (Å²) in [5.74, 6) is 0. The van der Waals surface area contributed by atoms with Crippen LogP contribution in [0.15, 0.2) is 61.2 Å². The fraction of sp³-hybridized carbons (Fsp3) is 0. The van der Waals surface area contributed by atoms with Gasteiger partial charge in [0.05, 0.1) is 16.5 Å². The number of allylic oxidation sites excluding steroid dienone is 1. The maximum atomic E-state index is 12.7. The Morgan fingerprint density at radius 3 is 2.26 bits per heavy atom. The molecule has 0 aromatic heterocycles. The van der Waals surface area contributed by atoms with Gasteiger partial charge in [0.25, 0.3) is 0 Å². The van der Waals surface area contributed by atoms with Crippen molar-refractivity contribution in [1.82, 2.24) is 0 Å². The van der Waals surface area contributed by atoms with Crippen LogP contribution in [0.4, 0.5) is 0 Å². The van der Waals surface area contributed by atoms with E-state index >= 15 is 0 Å². The lowest BCUT2D eigenvalue weighted by molar-refractivity contribution is 0.603. The number of nitriles is 2. The normalized spacial score (nSPS) is 11.6. The Balaban J connectivity index is 2.55. The fourth-order valence-electron chi connectivity index (χ4n) is 1.78. The van der Waals surface area contributed by atoms with Gasteiger partial charge in [-0.15, -0.1) is 0 Å². The molecule has 0 heterocycles. The molecule has 0 aliphatic carbocycles. The zero-order valence-electron chi connectivity index (χ0n) is 11.5. The molecule has 0 spiro atoms. The highest BCUT2D eigenvalue weighted by atomic mass is 79.9. The summed E-state index contributed by atoms with van der Waals surface area (Å²) in [6.07, 6.45) is 1.28. The molecule has 0 bridgehead atoms. The van der Waals surface area contributed by atoms with Gasteiger partial charge in [-0.2, -0.15) is 10.5 Å². The van der Waals surface area contributed by atoms with Gasteiger partial charge in [0.2, 0.25) is 9.84 Å². The van der Waals surface area contributed by atoms with E-state index in [-0.39, 0.29) is 9.80 Å². The summed E-state index contributed by atoms with van der Waals surface area (Å²) in [4.78, 5) is -0.366. The molecule has 0 aliphatic rings. The fourth-order valence-corrected chi connectivity index (χ4v) is 4.43. The maximum absolute atomic E-state index is 12.7. The van der Waals surface area contributed by atoms with Crippen LogP contribution in [0.5, 0.6) is 0 Å². The monoisotopic (exact) mass is 450 g/mol. The van der Waals surface area contributed by atoms with Crippen LogP contribution >= 0.6 is 31.9 Å². The first-order valence-electron chi connectivity index (χ1n) is 6.20. The van der Waals surface area contributed by atoms with Crippen LogP contribution in [0, 0.1) is 22.7 Å². The Labute approximate surface area is 150 Å². The summed E-state index contributed by atoms with van der Waals surface area (Å²) in [5.41, 5.74) is 0.980. The van der Waals surface area contributed by atoms with Crippen molar-refractivity contribution in [3.05, 3.63) is 67.4 Å². The first-order chi connectivity index (χ1) is 10.9. The third kappa shape index (κ3) is 3.89. The van der Waals surface area contributed by atoms with E-state index in [9.17, 15) is 13.7 Å². The molecule has 0 fully saturated rings. The predicted molar refractivity (Wildman–Crippen MR) is 93.8 cm³/mol. The molecule has 0 amide bonds. The summed E-state index contributed by atoms with van der Waals surface area (Å²) >= 11 is 6.42. The minimum Gasteiger partial charge on any atom is -0.218 e. The van der Waals surface area contributed by atoms with Crippen molar-refractivity contribution in [2.45, 2.75) is 4.90 Å². The van der Waals surface area contributed by atoms with Crippen LogP contribution in [-0.2, 0) is 9.84 Å². The van der Waals surface area contributed by atoms with Gasteiger partial charge in [-0.1, -0.05) is 28.1 Å². The summed E-state index contributed by atoms with van der Waals surface area (Å²) in [5, 5.41) is 18.0. The lowest BCUT2D eigenvalue weighted by Gasteiger charge is -2.06. The van der Waals surface area contributed by atoms with Crippen molar-refractivity contribution in [1.29, 1.82) is 10.5 Å². The number of hydrogen-bond acceptors (Lipinski definition) is 4. The molecule has 2 rings (SSSR count). The highest BCUT2D eigenvalue weighted by Gasteiger charge is 2.23. The standard InChI is InChI=1S/C16H8Br2N2O2S/c17-13-5-6-15(18)16(8-13)23(21,22)14(10-20)7-11-1-3-12(9-19)4-2-11/h1-8H/b14-7+. The highest BCUT2D eigenvalue weighted by molar-refractivity contribution is 9.11. The van der Waals surface area contributed by atoms with Gasteiger partial charge in [0, 0.05) is 8.95 Å². The molecule has 2 aromatic carbocycles. The van der Waals surface area contributed by atoms with Gasteiger partial charge in [-0.05, 0) is 57.9 Å². The summed E-state index contributed by atoms with van der Waals surface area (Å²) in [7, 11) is -3.96. The first kappa shape index (κ1) is 17.4. The van der Waals surface area contributed by atoms with Crippen LogP contribution in [0.2, 0.25) is 0 Å². The average molecular weight is 452 g/mol. The molecule has 23 heavy (non-hydrogen) atoms. The van der Waals surface area contributed by atoms with Crippen LogP contribution < -0.4 is 0 Å². The van der Waals surface area contributed by atoms with Crippen molar-refractivity contribution in [2.24, 2.45) is 0 Å². The molecule has 0 aliphatic heterocycles. The molecule has 114 valence electrons. The van der Waals surface area contributed by atoms with Gasteiger partial charge in [0.15, 0.2) is 0 Å². The van der Waals surface area contributed by atoms with Gasteiger partial charge in [-0.3, -0.25) is 0 Å². The Kier molecular flexibility index (Phi) is 5.38. The number of rotatable bonds is 3. The second-order valence-electron chi connectivity index (χ2n) is 4.43. The van der Waals surface area contributed by atoms with Crippen LogP contribution in [0.3, 0.4) is 0 Å². The Bertz CT molecular complexity index is 967. The molecule has 0 radical (unpaired) electrons. The second kappa shape index (κ2) is 7.10. The van der Waals surface area contributed by atoms with Crippen LogP contribution in [0.25, 0.3) is 6.08 Å². The minimum atomic E-state index is -3.96. The lowest BCUT2D eigenvalue weighted by atomic mass is 10.1. The lowest BCUT2D eigenvalue weighted by Crippen LogP contribution is -2.04. The van der Waals surface area contributed by atoms with E-state index in [2.05, 4.69) is 31.9 Å². The Morgan fingerprint density at radius 1 is 1.04 bits per heavy atom. The topological polar surface area (TPSA) is 81.7 Å². The number of halogens is 2. The zero-order chi connectivity index (χ0) is 17.0. The van der Waals surface area contributed by atoms with Crippen molar-refractivity contribution >= 4 is 47.8 Å². The highest BCUT2D eigenvalue weighted by Crippen LogP contribution is 2.30. The zero-order valence-corrected chi connectivity index (χ0v) is 15.5. The van der Waals surface area contributed by atoms with E-state index in [1.54, 1.807) is 42.5 Å². The molecule has 0 saturated heterocycles. The summed E-state index contributed by atoms with van der Waals surface area (Å²) in [6.45, 7) is 0. The Morgan fingerprint density at radius 2 is 1.70 bits per heavy atom. The predicted octanol–water partition coefficient (Wildman–Crippen LogP) is 4.42. The molecular formula is C16H8Br2N2O2S. The SMILES string of the molecule is N#C/C(=C\c1ccc(C#N)cc1)S(=O)(=O)c1cc(Br)ccc1Br. The van der Waals surface area contributed by atoms with Crippen molar-refractivity contribution in [2.75, 3.05) is 0 Å². The van der Waals surface area contributed by atoms with Crippen molar-refractivity contribution in [3.63, 3.8) is 0 Å². The Hall–Kier alpha value is -1.93. The van der Waals surface area contributed by atoms with Crippen LogP contribution in [-0.4, -0.2) is 8.42 Å². The van der Waals surface area contributed by atoms with E-state index in [4.69, 9.17) is 5.26 Å². The average Bonchev–Trinajstić information content (AvgIpc) is 2.55. The summed E-state index contributed by atoms with van der Waals surface area (Å²) in [6, 6.07) is 14.7. The molecule has 7 heteroatoms. The number of benzene rings is 2. The summed E-state index contributed by atoms with van der Waals surface area (Å²) < 4.78 is 26.3. The van der Waals surface area contributed by atoms with E-state index < -0.39 is 9.84 Å². The van der Waals surface area contributed by atoms with Gasteiger partial charge in [-0.25, -0.2) is 8.42 Å². The smallest absolute Gasteiger partial charge is 0.217 e. The van der Waals surface area contributed by atoms with Gasteiger partial charge >= 0.3 is 0 Å². The molecule has 0 atom stereocenters. The molecule has 2 aromatic rings. The van der Waals surface area contributed by atoms with E-state index in [0.29, 0.717) is 20.1 Å². The van der Waals surface area contributed by atoms with E-state index in [1.165, 1.54) is 12.1 Å². The van der Waals surface area contributed by atoms with E-state index in [0.717, 1.165) is 0 Å². The minimum absolute atomic E-state index is 0.00770. The largest absolute Gasteiger partial charge is 0.218 e. The number of hydrogen-bond donors (Lipinski definition) is 0.